The molecule has 100 valence electrons. The maximum absolute atomic E-state index is 12.1. The third kappa shape index (κ3) is 4.34. The zero-order chi connectivity index (χ0) is 11.4. The van der Waals surface area contributed by atoms with Crippen LogP contribution >= 0.6 is 24.2 Å². The molecule has 0 aromatic heterocycles. The lowest BCUT2D eigenvalue weighted by Gasteiger charge is -2.25. The first kappa shape index (κ1) is 15.1. The fourth-order valence-electron chi connectivity index (χ4n) is 2.48. The topological polar surface area (TPSA) is 32.3 Å². The number of thioether (sulfide) groups is 1. The van der Waals surface area contributed by atoms with Crippen LogP contribution in [0.4, 0.5) is 0 Å². The maximum Gasteiger partial charge on any atom is 0.224 e. The van der Waals surface area contributed by atoms with E-state index in [1.165, 1.54) is 18.6 Å². The molecule has 17 heavy (non-hydrogen) atoms. The van der Waals surface area contributed by atoms with Gasteiger partial charge in [0.15, 0.2) is 0 Å². The summed E-state index contributed by atoms with van der Waals surface area (Å²) in [4.78, 5) is 14.1. The Morgan fingerprint density at radius 2 is 2.35 bits per heavy atom. The van der Waals surface area contributed by atoms with Gasteiger partial charge in [-0.15, -0.1) is 12.4 Å². The highest BCUT2D eigenvalue weighted by Gasteiger charge is 2.27. The summed E-state index contributed by atoms with van der Waals surface area (Å²) in [6.07, 6.45) is 3.11. The van der Waals surface area contributed by atoms with Crippen LogP contribution in [0, 0.1) is 5.92 Å². The van der Waals surface area contributed by atoms with E-state index in [9.17, 15) is 4.79 Å². The van der Waals surface area contributed by atoms with Crippen LogP contribution in [0.25, 0.3) is 0 Å². The molecule has 5 heteroatoms. The zero-order valence-electron chi connectivity index (χ0n) is 10.5. The average molecular weight is 279 g/mol. The molecule has 2 atom stereocenters. The highest BCUT2D eigenvalue weighted by molar-refractivity contribution is 7.99. The molecule has 2 aliphatic heterocycles. The van der Waals surface area contributed by atoms with E-state index in [-0.39, 0.29) is 12.4 Å². The van der Waals surface area contributed by atoms with Crippen LogP contribution in [0.2, 0.25) is 0 Å². The summed E-state index contributed by atoms with van der Waals surface area (Å²) < 4.78 is 0. The van der Waals surface area contributed by atoms with Crippen LogP contribution in [-0.2, 0) is 4.79 Å². The highest BCUT2D eigenvalue weighted by atomic mass is 35.5. The lowest BCUT2D eigenvalue weighted by atomic mass is 10.1. The predicted octanol–water partition coefficient (Wildman–Crippen LogP) is 1.76. The summed E-state index contributed by atoms with van der Waals surface area (Å²) in [5.41, 5.74) is 0. The van der Waals surface area contributed by atoms with Crippen molar-refractivity contribution in [3.8, 4) is 0 Å². The van der Waals surface area contributed by atoms with Gasteiger partial charge in [-0.2, -0.15) is 11.8 Å². The molecule has 2 heterocycles. The molecule has 1 N–H and O–H groups in total. The first-order valence-electron chi connectivity index (χ1n) is 6.38. The number of hydrogen-bond donors (Lipinski definition) is 1. The van der Waals surface area contributed by atoms with Gasteiger partial charge >= 0.3 is 0 Å². The molecule has 0 saturated carbocycles. The summed E-state index contributed by atoms with van der Waals surface area (Å²) in [7, 11) is 0. The fraction of sp³-hybridized carbons (Fsp3) is 0.917. The molecular weight excluding hydrogens is 256 g/mol. The Balaban J connectivity index is 0.00000144. The van der Waals surface area contributed by atoms with Crippen molar-refractivity contribution in [3.63, 3.8) is 0 Å². The molecule has 0 aliphatic carbocycles. The molecule has 0 spiro atoms. The minimum Gasteiger partial charge on any atom is -0.342 e. The molecule has 2 unspecified atom stereocenters. The molecule has 0 radical (unpaired) electrons. The van der Waals surface area contributed by atoms with Gasteiger partial charge in [0, 0.05) is 43.6 Å². The van der Waals surface area contributed by atoms with E-state index >= 15 is 0 Å². The Hall–Kier alpha value is 0.0700. The van der Waals surface area contributed by atoms with E-state index in [0.29, 0.717) is 18.4 Å². The van der Waals surface area contributed by atoms with Gasteiger partial charge in [0.1, 0.15) is 0 Å². The van der Waals surface area contributed by atoms with Crippen molar-refractivity contribution in [1.29, 1.82) is 0 Å². The Bertz CT molecular complexity index is 247. The zero-order valence-corrected chi connectivity index (χ0v) is 12.1. The molecule has 1 amide bonds. The Labute approximate surface area is 114 Å². The van der Waals surface area contributed by atoms with Gasteiger partial charge in [-0.1, -0.05) is 13.3 Å². The van der Waals surface area contributed by atoms with E-state index in [1.54, 1.807) is 0 Å². The number of halogens is 1. The van der Waals surface area contributed by atoms with Crippen LogP contribution in [0.15, 0.2) is 0 Å². The summed E-state index contributed by atoms with van der Waals surface area (Å²) in [5, 5.41) is 3.43. The van der Waals surface area contributed by atoms with Crippen LogP contribution in [0.5, 0.6) is 0 Å². The molecule has 3 nitrogen and oxygen atoms in total. The molecule has 0 bridgehead atoms. The second-order valence-electron chi connectivity index (χ2n) is 4.83. The van der Waals surface area contributed by atoms with Crippen LogP contribution in [-0.4, -0.2) is 48.0 Å². The van der Waals surface area contributed by atoms with Gasteiger partial charge in [-0.3, -0.25) is 4.79 Å². The molecule has 2 aliphatic rings. The van der Waals surface area contributed by atoms with Crippen molar-refractivity contribution in [1.82, 2.24) is 10.2 Å². The number of nitrogens with one attached hydrogen (secondary N) is 1. The van der Waals surface area contributed by atoms with Crippen LogP contribution in [0.3, 0.4) is 0 Å². The Morgan fingerprint density at radius 3 is 2.94 bits per heavy atom. The van der Waals surface area contributed by atoms with Crippen molar-refractivity contribution >= 4 is 30.1 Å². The molecule has 0 aromatic rings. The predicted molar refractivity (Wildman–Crippen MR) is 76.0 cm³/mol. The first-order valence-corrected chi connectivity index (χ1v) is 7.54. The minimum atomic E-state index is 0. The number of likely N-dealkylation sites (tertiary alicyclic amines) is 1. The summed E-state index contributed by atoms with van der Waals surface area (Å²) in [6, 6.07) is 0.409. The SMILES string of the molecule is CCC1CCN(C(=O)CC2CSCCN2)C1.Cl. The number of rotatable bonds is 3. The van der Waals surface area contributed by atoms with Crippen molar-refractivity contribution < 1.29 is 4.79 Å². The third-order valence-electron chi connectivity index (χ3n) is 3.64. The van der Waals surface area contributed by atoms with E-state index in [2.05, 4.69) is 17.1 Å². The summed E-state index contributed by atoms with van der Waals surface area (Å²) in [5.74, 6) is 3.39. The van der Waals surface area contributed by atoms with E-state index in [0.717, 1.165) is 31.3 Å². The summed E-state index contributed by atoms with van der Waals surface area (Å²) >= 11 is 1.96. The van der Waals surface area contributed by atoms with Crippen LogP contribution < -0.4 is 5.32 Å². The lowest BCUT2D eigenvalue weighted by molar-refractivity contribution is -0.130. The van der Waals surface area contributed by atoms with Crippen LogP contribution in [0.1, 0.15) is 26.2 Å². The van der Waals surface area contributed by atoms with E-state index < -0.39 is 0 Å². The second kappa shape index (κ2) is 7.49. The smallest absolute Gasteiger partial charge is 0.224 e. The molecule has 0 aromatic carbocycles. The molecular formula is C12H23ClN2OS. The van der Waals surface area contributed by atoms with E-state index in [1.807, 2.05) is 11.8 Å². The Morgan fingerprint density at radius 1 is 1.53 bits per heavy atom. The lowest BCUT2D eigenvalue weighted by Crippen LogP contribution is -2.42. The van der Waals surface area contributed by atoms with Gasteiger partial charge in [-0.25, -0.2) is 0 Å². The molecule has 2 saturated heterocycles. The van der Waals surface area contributed by atoms with Gasteiger partial charge in [0.2, 0.25) is 5.91 Å². The highest BCUT2D eigenvalue weighted by Crippen LogP contribution is 2.20. The van der Waals surface area contributed by atoms with Crippen molar-refractivity contribution in [3.05, 3.63) is 0 Å². The first-order chi connectivity index (χ1) is 7.79. The van der Waals surface area contributed by atoms with E-state index in [4.69, 9.17) is 0 Å². The van der Waals surface area contributed by atoms with Gasteiger partial charge < -0.3 is 10.2 Å². The number of nitrogens with zero attached hydrogens (tertiary/aromatic N) is 1. The summed E-state index contributed by atoms with van der Waals surface area (Å²) in [6.45, 7) is 5.25. The molecule has 2 fully saturated rings. The normalized spacial score (nSPS) is 28.9. The fourth-order valence-corrected chi connectivity index (χ4v) is 3.43. The van der Waals surface area contributed by atoms with Crippen molar-refractivity contribution in [2.75, 3.05) is 31.1 Å². The third-order valence-corrected chi connectivity index (χ3v) is 4.77. The molecule has 2 rings (SSSR count). The van der Waals surface area contributed by atoms with Crippen molar-refractivity contribution in [2.24, 2.45) is 5.92 Å². The number of amides is 1. The maximum atomic E-state index is 12.1. The quantitative estimate of drug-likeness (QED) is 0.854. The van der Waals surface area contributed by atoms with Crippen molar-refractivity contribution in [2.45, 2.75) is 32.2 Å². The van der Waals surface area contributed by atoms with Gasteiger partial charge in [-0.05, 0) is 12.3 Å². The Kier molecular flexibility index (Phi) is 6.67. The number of carbonyl (C=O) groups excluding carboxylic acids is 1. The average Bonchev–Trinajstić information content (AvgIpc) is 2.79. The number of hydrogen-bond acceptors (Lipinski definition) is 3. The van der Waals surface area contributed by atoms with Gasteiger partial charge in [0.05, 0.1) is 0 Å². The second-order valence-corrected chi connectivity index (χ2v) is 5.98. The number of carbonyl (C=O) groups is 1. The standard InChI is InChI=1S/C12H22N2OS.ClH/c1-2-10-3-5-14(8-10)12(15)7-11-9-16-6-4-13-11;/h10-11,13H,2-9H2,1H3;1H. The minimum absolute atomic E-state index is 0. The monoisotopic (exact) mass is 278 g/mol. The van der Waals surface area contributed by atoms with Gasteiger partial charge in [0.25, 0.3) is 0 Å². The largest absolute Gasteiger partial charge is 0.342 e.